The molecular formula is C22H13BrCl2N2O. The fourth-order valence-corrected chi connectivity index (χ4v) is 3.46. The van der Waals surface area contributed by atoms with Gasteiger partial charge in [0.1, 0.15) is 0 Å². The maximum absolute atomic E-state index is 13.0. The van der Waals surface area contributed by atoms with Gasteiger partial charge in [-0.1, -0.05) is 63.4 Å². The van der Waals surface area contributed by atoms with Gasteiger partial charge in [-0.3, -0.25) is 4.79 Å². The zero-order chi connectivity index (χ0) is 19.7. The van der Waals surface area contributed by atoms with Crippen LogP contribution in [0.15, 0.2) is 77.3 Å². The van der Waals surface area contributed by atoms with Crippen molar-refractivity contribution in [3.63, 3.8) is 0 Å². The molecule has 0 aliphatic heterocycles. The van der Waals surface area contributed by atoms with Crippen molar-refractivity contribution in [3.05, 3.63) is 92.9 Å². The summed E-state index contributed by atoms with van der Waals surface area (Å²) in [6.07, 6.45) is 0. The van der Waals surface area contributed by atoms with Crippen LogP contribution in [0.3, 0.4) is 0 Å². The summed E-state index contributed by atoms with van der Waals surface area (Å²) in [7, 11) is 0. The molecule has 1 aromatic heterocycles. The van der Waals surface area contributed by atoms with E-state index < -0.39 is 0 Å². The van der Waals surface area contributed by atoms with Crippen molar-refractivity contribution in [1.29, 1.82) is 0 Å². The van der Waals surface area contributed by atoms with E-state index in [2.05, 4.69) is 21.2 Å². The third-order valence-electron chi connectivity index (χ3n) is 4.28. The molecule has 0 bridgehead atoms. The molecule has 1 heterocycles. The highest BCUT2D eigenvalue weighted by molar-refractivity contribution is 9.10. The van der Waals surface area contributed by atoms with Crippen LogP contribution in [0.2, 0.25) is 10.0 Å². The minimum absolute atomic E-state index is 0.206. The van der Waals surface area contributed by atoms with Gasteiger partial charge in [0.15, 0.2) is 0 Å². The van der Waals surface area contributed by atoms with Gasteiger partial charge in [-0.2, -0.15) is 0 Å². The summed E-state index contributed by atoms with van der Waals surface area (Å²) in [5.74, 6) is -0.206. The Kier molecular flexibility index (Phi) is 5.36. The van der Waals surface area contributed by atoms with Crippen LogP contribution < -0.4 is 5.32 Å². The van der Waals surface area contributed by atoms with Crippen LogP contribution in [-0.4, -0.2) is 10.9 Å². The first-order chi connectivity index (χ1) is 13.5. The van der Waals surface area contributed by atoms with E-state index in [1.807, 2.05) is 54.6 Å². The van der Waals surface area contributed by atoms with E-state index in [1.165, 1.54) is 0 Å². The summed E-state index contributed by atoms with van der Waals surface area (Å²) in [4.78, 5) is 17.7. The Morgan fingerprint density at radius 2 is 1.64 bits per heavy atom. The highest BCUT2D eigenvalue weighted by atomic mass is 79.9. The average Bonchev–Trinajstić information content (AvgIpc) is 2.71. The molecule has 1 amide bonds. The number of benzene rings is 3. The number of anilines is 1. The molecule has 6 heteroatoms. The molecule has 0 unspecified atom stereocenters. The van der Waals surface area contributed by atoms with Crippen molar-refractivity contribution >= 4 is 61.6 Å². The molecular weight excluding hydrogens is 459 g/mol. The average molecular weight is 472 g/mol. The molecule has 1 N–H and O–H groups in total. The Morgan fingerprint density at radius 3 is 2.39 bits per heavy atom. The molecule has 138 valence electrons. The summed E-state index contributed by atoms with van der Waals surface area (Å²) >= 11 is 15.6. The van der Waals surface area contributed by atoms with Crippen LogP contribution in [0, 0.1) is 0 Å². The van der Waals surface area contributed by atoms with Gasteiger partial charge < -0.3 is 5.32 Å². The molecule has 3 nitrogen and oxygen atoms in total. The number of nitrogens with one attached hydrogen (secondary N) is 1. The predicted octanol–water partition coefficient (Wildman–Crippen LogP) is 7.22. The second-order valence-electron chi connectivity index (χ2n) is 6.16. The molecule has 0 aliphatic rings. The molecule has 28 heavy (non-hydrogen) atoms. The molecule has 0 spiro atoms. The number of carbonyl (C=O) groups is 1. The van der Waals surface area contributed by atoms with Gasteiger partial charge >= 0.3 is 0 Å². The molecule has 0 saturated carbocycles. The highest BCUT2D eigenvalue weighted by Gasteiger charge is 2.15. The van der Waals surface area contributed by atoms with Gasteiger partial charge in [-0.15, -0.1) is 0 Å². The molecule has 0 saturated heterocycles. The van der Waals surface area contributed by atoms with Crippen molar-refractivity contribution < 1.29 is 4.79 Å². The van der Waals surface area contributed by atoms with Crippen LogP contribution >= 0.6 is 39.1 Å². The van der Waals surface area contributed by atoms with Crippen molar-refractivity contribution in [1.82, 2.24) is 4.98 Å². The van der Waals surface area contributed by atoms with Crippen molar-refractivity contribution in [3.8, 4) is 11.3 Å². The fraction of sp³-hybridized carbons (Fsp3) is 0. The van der Waals surface area contributed by atoms with E-state index >= 15 is 0 Å². The fourth-order valence-electron chi connectivity index (χ4n) is 2.90. The number of nitrogens with zero attached hydrogens (tertiary/aromatic N) is 1. The Balaban J connectivity index is 1.80. The lowest BCUT2D eigenvalue weighted by Crippen LogP contribution is -2.13. The number of rotatable bonds is 3. The number of carbonyl (C=O) groups excluding carboxylic acids is 1. The normalized spacial score (nSPS) is 10.8. The second-order valence-corrected chi connectivity index (χ2v) is 7.89. The number of pyridine rings is 1. The van der Waals surface area contributed by atoms with Crippen LogP contribution in [0.1, 0.15) is 10.4 Å². The summed E-state index contributed by atoms with van der Waals surface area (Å²) in [6.45, 7) is 0. The number of para-hydroxylation sites is 1. The number of aromatic nitrogens is 1. The number of hydrogen-bond donors (Lipinski definition) is 1. The first-order valence-corrected chi connectivity index (χ1v) is 9.98. The summed E-state index contributed by atoms with van der Waals surface area (Å²) in [6, 6.07) is 22.1. The maximum Gasteiger partial charge on any atom is 0.256 e. The number of halogens is 3. The molecule has 3 aromatic carbocycles. The van der Waals surface area contributed by atoms with E-state index in [-0.39, 0.29) is 5.91 Å². The zero-order valence-corrected chi connectivity index (χ0v) is 17.5. The Bertz CT molecular complexity index is 1190. The Labute approximate surface area is 180 Å². The van der Waals surface area contributed by atoms with Crippen molar-refractivity contribution in [2.45, 2.75) is 0 Å². The first-order valence-electron chi connectivity index (χ1n) is 8.43. The van der Waals surface area contributed by atoms with Crippen molar-refractivity contribution in [2.24, 2.45) is 0 Å². The molecule has 4 aromatic rings. The van der Waals surface area contributed by atoms with Crippen LogP contribution in [0.4, 0.5) is 5.69 Å². The van der Waals surface area contributed by atoms with Crippen LogP contribution in [0.25, 0.3) is 22.2 Å². The monoisotopic (exact) mass is 470 g/mol. The van der Waals surface area contributed by atoms with Gasteiger partial charge in [0.2, 0.25) is 0 Å². The topological polar surface area (TPSA) is 42.0 Å². The minimum Gasteiger partial charge on any atom is -0.322 e. The standard InChI is InChI=1S/C22H13BrCl2N2O/c23-14-6-8-15(9-7-14)26-22(28)17-12-21(13-5-10-18(24)19(25)11-13)27-20-4-2-1-3-16(17)20/h1-12H,(H,26,28). The van der Waals surface area contributed by atoms with E-state index in [0.717, 1.165) is 20.9 Å². The van der Waals surface area contributed by atoms with Gasteiger partial charge in [0.25, 0.3) is 5.91 Å². The lowest BCUT2D eigenvalue weighted by molar-refractivity contribution is 0.102. The van der Waals surface area contributed by atoms with E-state index in [1.54, 1.807) is 18.2 Å². The summed E-state index contributed by atoms with van der Waals surface area (Å²) in [5, 5.41) is 4.63. The van der Waals surface area contributed by atoms with Crippen molar-refractivity contribution in [2.75, 3.05) is 5.32 Å². The largest absolute Gasteiger partial charge is 0.322 e. The van der Waals surface area contributed by atoms with Gasteiger partial charge in [-0.25, -0.2) is 4.98 Å². The van der Waals surface area contributed by atoms with E-state index in [4.69, 9.17) is 28.2 Å². The maximum atomic E-state index is 13.0. The molecule has 0 atom stereocenters. The Hall–Kier alpha value is -2.40. The van der Waals surface area contributed by atoms with Gasteiger partial charge in [0.05, 0.1) is 26.8 Å². The van der Waals surface area contributed by atoms with E-state index in [9.17, 15) is 4.79 Å². The van der Waals surface area contributed by atoms with Crippen LogP contribution in [0.5, 0.6) is 0 Å². The molecule has 0 fully saturated rings. The van der Waals surface area contributed by atoms with Gasteiger partial charge in [-0.05, 0) is 48.5 Å². The third-order valence-corrected chi connectivity index (χ3v) is 5.55. The molecule has 0 radical (unpaired) electrons. The second kappa shape index (κ2) is 7.92. The summed E-state index contributed by atoms with van der Waals surface area (Å²) < 4.78 is 0.946. The first kappa shape index (κ1) is 18.9. The smallest absolute Gasteiger partial charge is 0.256 e. The lowest BCUT2D eigenvalue weighted by Gasteiger charge is -2.11. The number of amides is 1. The molecule has 0 aliphatic carbocycles. The zero-order valence-electron chi connectivity index (χ0n) is 14.4. The number of fused-ring (bicyclic) bond motifs is 1. The third kappa shape index (κ3) is 3.90. The quantitative estimate of drug-likeness (QED) is 0.342. The van der Waals surface area contributed by atoms with E-state index in [0.29, 0.717) is 27.0 Å². The lowest BCUT2D eigenvalue weighted by atomic mass is 10.0. The van der Waals surface area contributed by atoms with Crippen LogP contribution in [-0.2, 0) is 0 Å². The number of hydrogen-bond acceptors (Lipinski definition) is 2. The van der Waals surface area contributed by atoms with Gasteiger partial charge in [0, 0.05) is 21.1 Å². The Morgan fingerprint density at radius 1 is 0.893 bits per heavy atom. The predicted molar refractivity (Wildman–Crippen MR) is 119 cm³/mol. The summed E-state index contributed by atoms with van der Waals surface area (Å²) in [5.41, 5.74) is 3.42. The minimum atomic E-state index is -0.206. The SMILES string of the molecule is O=C(Nc1ccc(Br)cc1)c1cc(-c2ccc(Cl)c(Cl)c2)nc2ccccc12. The molecule has 4 rings (SSSR count). The highest BCUT2D eigenvalue weighted by Crippen LogP contribution is 2.30.